The van der Waals surface area contributed by atoms with E-state index in [0.717, 1.165) is 33.4 Å². The Hall–Kier alpha value is -13.0. The number of guanidine groups is 4. The molecule has 3 aliphatic rings. The molecule has 0 bridgehead atoms. The van der Waals surface area contributed by atoms with E-state index in [-0.39, 0.29) is 183 Å². The molecule has 0 spiro atoms. The van der Waals surface area contributed by atoms with Gasteiger partial charge in [-0.15, -0.1) is 0 Å². The highest BCUT2D eigenvalue weighted by atomic mass is 33.1. The summed E-state index contributed by atoms with van der Waals surface area (Å²) in [5, 5.41) is 107. The average Bonchev–Trinajstić information content (AvgIpc) is 1.66. The lowest BCUT2D eigenvalue weighted by molar-refractivity contribution is -0.146. The van der Waals surface area contributed by atoms with Crippen molar-refractivity contribution >= 4 is 146 Å². The van der Waals surface area contributed by atoms with Crippen LogP contribution in [0.3, 0.4) is 0 Å². The van der Waals surface area contributed by atoms with Crippen molar-refractivity contribution in [3.8, 4) is 5.75 Å². The zero-order valence-electron chi connectivity index (χ0n) is 77.8. The van der Waals surface area contributed by atoms with Gasteiger partial charge in [0.15, 0.2) is 23.8 Å². The van der Waals surface area contributed by atoms with Crippen LogP contribution in [0.15, 0.2) is 54.6 Å². The Balaban J connectivity index is 1.76. The van der Waals surface area contributed by atoms with E-state index in [1.165, 1.54) is 43.0 Å². The number of phenolic OH excluding ortho intramolecular Hbond substituents is 1. The topological polar surface area (TPSA) is 787 Å². The van der Waals surface area contributed by atoms with Gasteiger partial charge in [-0.05, 0) is 150 Å². The first-order chi connectivity index (χ1) is 64.4. The van der Waals surface area contributed by atoms with Gasteiger partial charge < -0.3 is 144 Å². The third kappa shape index (κ3) is 40.3. The molecule has 2 aromatic rings. The van der Waals surface area contributed by atoms with E-state index in [9.17, 15) is 58.5 Å². The van der Waals surface area contributed by atoms with Gasteiger partial charge in [-0.25, -0.2) is 0 Å². The Bertz CT molecular complexity index is 4460. The third-order valence-electron chi connectivity index (χ3n) is 22.3. The number of aromatic hydroxyl groups is 1. The van der Waals surface area contributed by atoms with Gasteiger partial charge in [0.05, 0.1) is 13.0 Å². The molecule has 754 valence electrons. The second-order valence-corrected chi connectivity index (χ2v) is 37.3. The number of aryl methyl sites for hydroxylation is 1. The summed E-state index contributed by atoms with van der Waals surface area (Å²) in [4.78, 5) is 251. The van der Waals surface area contributed by atoms with Gasteiger partial charge in [-0.2, -0.15) is 0 Å². The van der Waals surface area contributed by atoms with E-state index in [1.807, 2.05) is 13.8 Å². The smallest absolute Gasteiger partial charge is 0.305 e. The number of nitrogens with two attached hydrogens (primary N) is 5. The Morgan fingerprint density at radius 1 is 0.471 bits per heavy atom. The predicted molar refractivity (Wildman–Crippen MR) is 505 cm³/mol. The first-order valence-electron chi connectivity index (χ1n) is 45.4. The minimum absolute atomic E-state index is 0.00188. The summed E-state index contributed by atoms with van der Waals surface area (Å²) in [6.07, 6.45) is -1.67. The summed E-state index contributed by atoms with van der Waals surface area (Å²) in [5.74, 6) is -21.7. The maximum absolute atomic E-state index is 15.8. The summed E-state index contributed by atoms with van der Waals surface area (Å²) in [5.41, 5.74) is 28.9. The molecule has 3 fully saturated rings. The molecule has 3 saturated heterocycles. The number of primary amides is 1. The van der Waals surface area contributed by atoms with E-state index >= 15 is 38.4 Å². The van der Waals surface area contributed by atoms with Crippen LogP contribution in [0.1, 0.15) is 169 Å². The number of fused-ring (bicyclic) bond motifs is 2. The maximum atomic E-state index is 15.8. The second kappa shape index (κ2) is 58.3. The van der Waals surface area contributed by atoms with E-state index in [0.29, 0.717) is 5.56 Å². The minimum Gasteiger partial charge on any atom is -0.508 e. The number of nitrogens with zero attached hydrogens (tertiary/aromatic N) is 2. The number of hydrogen-bond donors (Lipinski definition) is 29. The molecule has 3 heterocycles. The van der Waals surface area contributed by atoms with Crippen LogP contribution in [0.2, 0.25) is 0 Å². The van der Waals surface area contributed by atoms with Crippen LogP contribution in [0, 0.1) is 39.4 Å². The molecule has 0 aliphatic carbocycles. The SMILES string of the molecule is CC(=O)N[C@@H](CCCNC(=N)N)C(=O)N[C@@H](CCCNC(=N)N)C(=O)N[C@H]1CSSC[C@@H](C(=O)N[C@@H](CCCNC(=N)N)C(=O)N[C@@H](CCCNC(=N)N)C(N)=O)NC(=O)[C@H](C(C)C)NC(=O)[C@@H]2CCCN2C(=O)[C@H](CC(=O)O)NC(=O)[C@H](Cc2ccc(O)cc2)NC(=O)[C@H](CO)NC(=O)[C@H](CCC(C)C)NC(=O)[C@H](CCc2ccccc2)NC(=O)[C@H](CC(C)C)NC(=O)[C@@H]2CCCN2C1=O. The minimum atomic E-state index is -2.01. The highest BCUT2D eigenvalue weighted by Crippen LogP contribution is 2.28. The van der Waals surface area contributed by atoms with Gasteiger partial charge >= 0.3 is 5.97 Å². The molecule has 136 heavy (non-hydrogen) atoms. The van der Waals surface area contributed by atoms with Gasteiger partial charge in [-0.3, -0.25) is 103 Å². The number of carbonyl (C=O) groups excluding carboxylic acids is 16. The highest BCUT2D eigenvalue weighted by Gasteiger charge is 2.45. The molecule has 2 aromatic carbocycles. The van der Waals surface area contributed by atoms with E-state index in [2.05, 4.69) is 90.4 Å². The molecule has 50 heteroatoms. The van der Waals surface area contributed by atoms with E-state index < -0.39 is 240 Å². The summed E-state index contributed by atoms with van der Waals surface area (Å²) < 4.78 is 0. The van der Waals surface area contributed by atoms with Crippen LogP contribution in [-0.4, -0.2) is 297 Å². The fourth-order valence-corrected chi connectivity index (χ4v) is 17.5. The molecule has 48 nitrogen and oxygen atoms in total. The number of phenols is 1. The molecule has 34 N–H and O–H groups in total. The Morgan fingerprint density at radius 2 is 0.912 bits per heavy atom. The van der Waals surface area contributed by atoms with Gasteiger partial charge in [0.2, 0.25) is 94.5 Å². The number of carboxylic acid groups (broad SMARTS) is 1. The monoisotopic (exact) mass is 1950 g/mol. The van der Waals surface area contributed by atoms with E-state index in [1.54, 1.807) is 44.2 Å². The number of rotatable bonds is 40. The van der Waals surface area contributed by atoms with Gasteiger partial charge in [0, 0.05) is 64.1 Å². The summed E-state index contributed by atoms with van der Waals surface area (Å²) in [6, 6.07) is -9.96. The first-order valence-corrected chi connectivity index (χ1v) is 47.9. The zero-order valence-corrected chi connectivity index (χ0v) is 79.4. The Labute approximate surface area is 797 Å². The number of amides is 16. The van der Waals surface area contributed by atoms with Crippen LogP contribution in [-0.2, 0) is 94.3 Å². The number of hydrogen-bond acceptors (Lipinski definition) is 25. The molecule has 0 radical (unpaired) electrons. The van der Waals surface area contributed by atoms with Crippen molar-refractivity contribution in [2.24, 2.45) is 46.4 Å². The molecule has 0 saturated carbocycles. The third-order valence-corrected chi connectivity index (χ3v) is 24.7. The second-order valence-electron chi connectivity index (χ2n) is 34.7. The van der Waals surface area contributed by atoms with Crippen molar-refractivity contribution in [1.29, 1.82) is 21.6 Å². The highest BCUT2D eigenvalue weighted by molar-refractivity contribution is 8.76. The van der Waals surface area contributed by atoms with Gasteiger partial charge in [0.1, 0.15) is 96.4 Å². The van der Waals surface area contributed by atoms with Crippen molar-refractivity contribution in [1.82, 2.24) is 100 Å². The number of aliphatic hydroxyl groups is 1. The quantitative estimate of drug-likeness (QED) is 0.0128. The number of aliphatic hydroxyl groups excluding tert-OH is 1. The molecule has 3 aliphatic heterocycles. The number of carbonyl (C=O) groups is 17. The molecule has 15 atom stereocenters. The number of aliphatic carboxylic acids is 1. The lowest BCUT2D eigenvalue weighted by Crippen LogP contribution is -2.62. The standard InChI is InChI=1S/C86H138N28O20S2/c1-45(2)25-31-56-73(125)109-61(42-115)76(128)106-59(40-50-26-29-51(117)30-27-50)75(127)108-60(41-66(118)119)81(133)113-37-16-24-65(113)79(131)112-67(47(5)6)80(132)110-62(77(129)103-54(21-13-35-98-85(92)93)70(122)101-52(68(87)120)19-11-33-96-83(88)89)43-135-136-44-63(111-71(123)55(22-14-36-99-86(94)95)102-69(121)53(100-48(7)116)20-12-34-97-84(90)91)82(134)114-38-15-23-64(114)78(130)107-58(39-46(3)4)74(126)105-57(72(124)104-56)32-28-49-17-9-8-10-18-49/h8-10,17-18,26-27,29-30,45-47,52-65,67,115,117H,11-16,19-25,28,31-44H2,1-7H3,(H2,87,120)(H,100,116)(H,101,122)(H,102,121)(H,103,129)(H,104,124)(H,105,126)(H,106,128)(H,107,130)(H,108,127)(H,109,125)(H,110,132)(H,111,123)(H,112,131)(H,118,119)(H4,88,89,96)(H4,90,91,97)(H4,92,93,98)(H4,94,95,99)/t52-,53-,54-,55-,56-,57-,58-,59-,60-,61-,62-,63-,64-,65-,67-/m0/s1. The van der Waals surface area contributed by atoms with Crippen LogP contribution in [0.25, 0.3) is 0 Å². The van der Waals surface area contributed by atoms with Crippen LogP contribution in [0.5, 0.6) is 5.75 Å². The first kappa shape index (κ1) is 113. The van der Waals surface area contributed by atoms with Crippen LogP contribution in [0.4, 0.5) is 0 Å². The number of carboxylic acids is 1. The van der Waals surface area contributed by atoms with Crippen LogP contribution >= 0.6 is 21.6 Å². The zero-order chi connectivity index (χ0) is 101. The molecule has 5 rings (SSSR count). The van der Waals surface area contributed by atoms with Crippen molar-refractivity contribution in [3.05, 3.63) is 65.7 Å². The molecular weight excluding hydrogens is 1810 g/mol. The Morgan fingerprint density at radius 3 is 1.40 bits per heavy atom. The van der Waals surface area contributed by atoms with Crippen LogP contribution < -0.4 is 119 Å². The molecule has 0 aromatic heterocycles. The van der Waals surface area contributed by atoms with Crippen molar-refractivity contribution in [2.45, 2.75) is 261 Å². The summed E-state index contributed by atoms with van der Waals surface area (Å²) >= 11 is 0. The fourth-order valence-electron chi connectivity index (χ4n) is 15.2. The molecule has 0 unspecified atom stereocenters. The van der Waals surface area contributed by atoms with E-state index in [4.69, 9.17) is 50.3 Å². The molecule has 16 amide bonds. The van der Waals surface area contributed by atoms with Crippen molar-refractivity contribution in [3.63, 3.8) is 0 Å². The largest absolute Gasteiger partial charge is 0.508 e. The van der Waals surface area contributed by atoms with Gasteiger partial charge in [0.25, 0.3) is 0 Å². The normalized spacial score (nSPS) is 22.1. The lowest BCUT2D eigenvalue weighted by atomic mass is 9.99. The summed E-state index contributed by atoms with van der Waals surface area (Å²) in [7, 11) is 1.62. The van der Waals surface area contributed by atoms with Crippen molar-refractivity contribution < 1.29 is 96.8 Å². The Kier molecular flexibility index (Phi) is 48.6. The number of benzene rings is 2. The fraction of sp³-hybridized carbons (Fsp3) is 0.616. The number of nitrogens with one attached hydrogen (secondary N) is 21. The predicted octanol–water partition coefficient (Wildman–Crippen LogP) is -5.59. The molecular formula is C86H138N28O20S2. The average molecular weight is 1950 g/mol. The maximum Gasteiger partial charge on any atom is 0.305 e. The lowest BCUT2D eigenvalue weighted by Gasteiger charge is -2.31. The van der Waals surface area contributed by atoms with Gasteiger partial charge in [-0.1, -0.05) is 106 Å². The van der Waals surface area contributed by atoms with Crippen molar-refractivity contribution in [2.75, 3.05) is 57.4 Å². The summed E-state index contributed by atoms with van der Waals surface area (Å²) in [6.45, 7) is 9.90.